The Balaban J connectivity index is 1.65. The van der Waals surface area contributed by atoms with Gasteiger partial charge in [-0.2, -0.15) is 0 Å². The summed E-state index contributed by atoms with van der Waals surface area (Å²) in [6, 6.07) is 20.3. The Morgan fingerprint density at radius 2 is 1.73 bits per heavy atom. The number of rotatable bonds is 10. The van der Waals surface area contributed by atoms with Crippen molar-refractivity contribution in [3.8, 4) is 11.1 Å². The van der Waals surface area contributed by atoms with Crippen LogP contribution in [0.25, 0.3) is 11.1 Å². The molecule has 4 aromatic carbocycles. The van der Waals surface area contributed by atoms with Gasteiger partial charge in [-0.15, -0.1) is 0 Å². The minimum absolute atomic E-state index is 0.0283. The average molecular weight is 617 g/mol. The quantitative estimate of drug-likeness (QED) is 0.104. The van der Waals surface area contributed by atoms with Crippen LogP contribution in [0, 0.1) is 29.8 Å². The summed E-state index contributed by atoms with van der Waals surface area (Å²) < 4.78 is 50.5. The maximum absolute atomic E-state index is 15.5. The molecule has 0 spiro atoms. The predicted molar refractivity (Wildman–Crippen MR) is 167 cm³/mol. The lowest BCUT2D eigenvalue weighted by atomic mass is 9.90. The number of halogens is 1. The number of sulfonamides is 1. The van der Waals surface area contributed by atoms with Crippen LogP contribution in [-0.4, -0.2) is 25.9 Å². The fraction of sp³-hybridized carbons (Fsp3) is 0.265. The number of fused-ring (bicyclic) bond motifs is 1. The van der Waals surface area contributed by atoms with E-state index in [-0.39, 0.29) is 30.7 Å². The lowest BCUT2D eigenvalue weighted by Gasteiger charge is -2.31. The first kappa shape index (κ1) is 30.9. The van der Waals surface area contributed by atoms with Crippen molar-refractivity contribution < 1.29 is 27.3 Å². The van der Waals surface area contributed by atoms with Crippen LogP contribution in [0.5, 0.6) is 0 Å². The predicted octanol–water partition coefficient (Wildman–Crippen LogP) is 7.40. The molecule has 0 saturated heterocycles. The van der Waals surface area contributed by atoms with Crippen LogP contribution < -0.4 is 4.31 Å². The van der Waals surface area contributed by atoms with Gasteiger partial charge in [-0.1, -0.05) is 54.6 Å². The van der Waals surface area contributed by atoms with Crippen molar-refractivity contribution in [2.75, 3.05) is 10.9 Å². The van der Waals surface area contributed by atoms with Gasteiger partial charge in [0.1, 0.15) is 5.82 Å². The van der Waals surface area contributed by atoms with Crippen molar-refractivity contribution in [3.05, 3.63) is 123 Å². The monoisotopic (exact) mass is 616 g/mol. The van der Waals surface area contributed by atoms with Gasteiger partial charge in [0.2, 0.25) is 0 Å². The van der Waals surface area contributed by atoms with Crippen molar-refractivity contribution in [3.63, 3.8) is 0 Å². The van der Waals surface area contributed by atoms with Gasteiger partial charge in [0.25, 0.3) is 15.7 Å². The van der Waals surface area contributed by atoms with Crippen LogP contribution >= 0.6 is 0 Å². The fourth-order valence-electron chi connectivity index (χ4n) is 6.11. The van der Waals surface area contributed by atoms with Crippen molar-refractivity contribution in [1.29, 1.82) is 0 Å². The molecular weight excluding hydrogens is 583 g/mol. The van der Waals surface area contributed by atoms with Crippen LogP contribution in [0.15, 0.2) is 83.8 Å². The number of anilines is 1. The van der Waals surface area contributed by atoms with E-state index in [0.717, 1.165) is 49.8 Å². The van der Waals surface area contributed by atoms with E-state index in [1.807, 2.05) is 50.2 Å². The molecule has 0 aromatic heterocycles. The molecule has 0 amide bonds. The van der Waals surface area contributed by atoms with Gasteiger partial charge in [-0.05, 0) is 97.2 Å². The third kappa shape index (κ3) is 5.81. The smallest absolute Gasteiger partial charge is 0.306 e. The number of benzene rings is 4. The van der Waals surface area contributed by atoms with Gasteiger partial charge >= 0.3 is 5.97 Å². The van der Waals surface area contributed by atoms with E-state index < -0.39 is 43.4 Å². The third-order valence-corrected chi connectivity index (χ3v) is 9.95. The summed E-state index contributed by atoms with van der Waals surface area (Å²) in [5.41, 5.74) is 5.72. The van der Waals surface area contributed by atoms with Crippen molar-refractivity contribution in [1.82, 2.24) is 0 Å². The summed E-state index contributed by atoms with van der Waals surface area (Å²) in [6.45, 7) is 5.97. The molecule has 1 aliphatic carbocycles. The molecule has 44 heavy (non-hydrogen) atoms. The first-order valence-corrected chi connectivity index (χ1v) is 15.9. The van der Waals surface area contributed by atoms with Crippen LogP contribution in [0.2, 0.25) is 0 Å². The summed E-state index contributed by atoms with van der Waals surface area (Å²) in [7, 11) is -4.56. The number of aryl methyl sites for hydroxylation is 3. The molecule has 1 unspecified atom stereocenters. The number of carbonyl (C=O) groups excluding carboxylic acids is 1. The van der Waals surface area contributed by atoms with Crippen LogP contribution in [0.1, 0.15) is 53.6 Å². The number of ether oxygens (including phenoxy) is 1. The number of carbonyl (C=O) groups is 1. The molecular formula is C34H33FN2O6S. The maximum Gasteiger partial charge on any atom is 0.306 e. The fourth-order valence-corrected chi connectivity index (χ4v) is 7.93. The summed E-state index contributed by atoms with van der Waals surface area (Å²) in [5.74, 6) is -1.14. The molecule has 0 fully saturated rings. The first-order chi connectivity index (χ1) is 21.0. The maximum atomic E-state index is 15.5. The second-order valence-corrected chi connectivity index (χ2v) is 12.6. The van der Waals surface area contributed by atoms with Gasteiger partial charge in [0.15, 0.2) is 4.90 Å². The van der Waals surface area contributed by atoms with E-state index in [1.165, 1.54) is 30.3 Å². The van der Waals surface area contributed by atoms with Crippen LogP contribution in [0.4, 0.5) is 15.8 Å². The zero-order chi connectivity index (χ0) is 31.6. The number of nitrogens with zero attached hydrogens (tertiary/aromatic N) is 2. The van der Waals surface area contributed by atoms with Gasteiger partial charge < -0.3 is 4.74 Å². The molecule has 0 saturated carbocycles. The zero-order valence-corrected chi connectivity index (χ0v) is 25.6. The molecule has 0 heterocycles. The first-order valence-electron chi connectivity index (χ1n) is 14.4. The summed E-state index contributed by atoms with van der Waals surface area (Å²) in [4.78, 5) is 22.6. The molecule has 8 nitrogen and oxygen atoms in total. The normalized spacial score (nSPS) is 14.2. The van der Waals surface area contributed by atoms with Crippen LogP contribution in [0.3, 0.4) is 0 Å². The van der Waals surface area contributed by atoms with Crippen LogP contribution in [-0.2, 0) is 32.4 Å². The Morgan fingerprint density at radius 3 is 2.41 bits per heavy atom. The Kier molecular flexibility index (Phi) is 8.82. The lowest BCUT2D eigenvalue weighted by Crippen LogP contribution is -2.34. The highest BCUT2D eigenvalue weighted by Gasteiger charge is 2.40. The Bertz CT molecular complexity index is 1840. The van der Waals surface area contributed by atoms with Gasteiger partial charge in [-0.25, -0.2) is 12.8 Å². The molecule has 0 bridgehead atoms. The molecule has 5 rings (SSSR count). The van der Waals surface area contributed by atoms with E-state index >= 15 is 4.39 Å². The largest absolute Gasteiger partial charge is 0.466 e. The standard InChI is InChI=1S/C34H33FN2O6S/c1-4-43-33(38)20-16-24-15-17-25(21-29(24)35)36(44(41,42)32-14-6-5-13-31(32)37(39)40)30-19-18-26-27(30)11-8-12-28(26)34-22(2)9-7-10-23(34)3/h5-15,17,21,30H,4,16,18-20H2,1-3H3. The highest BCUT2D eigenvalue weighted by molar-refractivity contribution is 7.93. The highest BCUT2D eigenvalue weighted by atomic mass is 32.2. The minimum Gasteiger partial charge on any atom is -0.466 e. The van der Waals surface area contributed by atoms with E-state index in [1.54, 1.807) is 6.92 Å². The second kappa shape index (κ2) is 12.6. The molecule has 228 valence electrons. The Labute approximate surface area is 256 Å². The molecule has 4 aromatic rings. The lowest BCUT2D eigenvalue weighted by molar-refractivity contribution is -0.387. The van der Waals surface area contributed by atoms with E-state index in [0.29, 0.717) is 12.8 Å². The van der Waals surface area contributed by atoms with E-state index in [9.17, 15) is 23.3 Å². The highest BCUT2D eigenvalue weighted by Crippen LogP contribution is 2.46. The number of nitro benzene ring substituents is 1. The van der Waals surface area contributed by atoms with Crippen molar-refractivity contribution >= 4 is 27.4 Å². The third-order valence-electron chi connectivity index (χ3n) is 8.07. The van der Waals surface area contributed by atoms with Gasteiger partial charge in [0.05, 0.1) is 23.3 Å². The van der Waals surface area contributed by atoms with Gasteiger partial charge in [-0.3, -0.25) is 19.2 Å². The summed E-state index contributed by atoms with van der Waals surface area (Å²) >= 11 is 0. The van der Waals surface area contributed by atoms with Crippen molar-refractivity contribution in [2.24, 2.45) is 0 Å². The average Bonchev–Trinajstić information content (AvgIpc) is 3.41. The topological polar surface area (TPSA) is 107 Å². The van der Waals surface area contributed by atoms with E-state index in [4.69, 9.17) is 4.74 Å². The summed E-state index contributed by atoms with van der Waals surface area (Å²) in [6.07, 6.45) is 1.00. The molecule has 0 aliphatic heterocycles. The number of esters is 1. The molecule has 1 atom stereocenters. The zero-order valence-electron chi connectivity index (χ0n) is 24.7. The number of hydrogen-bond donors (Lipinski definition) is 0. The Morgan fingerprint density at radius 1 is 1.02 bits per heavy atom. The SMILES string of the molecule is CCOC(=O)CCc1ccc(N(C2CCc3c(-c4c(C)cccc4C)cccc32)S(=O)(=O)c2ccccc2[N+](=O)[O-])cc1F. The number of para-hydroxylation sites is 1. The summed E-state index contributed by atoms with van der Waals surface area (Å²) in [5, 5.41) is 11.9. The molecule has 0 N–H and O–H groups in total. The number of hydrogen-bond acceptors (Lipinski definition) is 6. The molecule has 1 aliphatic rings. The molecule has 10 heteroatoms. The van der Waals surface area contributed by atoms with Gasteiger partial charge in [0, 0.05) is 12.5 Å². The Hall–Kier alpha value is -4.57. The molecule has 0 radical (unpaired) electrons. The second-order valence-electron chi connectivity index (χ2n) is 10.8. The number of nitro groups is 1. The van der Waals surface area contributed by atoms with Crippen molar-refractivity contribution in [2.45, 2.75) is 57.4 Å². The van der Waals surface area contributed by atoms with E-state index in [2.05, 4.69) is 0 Å². The minimum atomic E-state index is -4.56.